The average Bonchev–Trinajstić information content (AvgIpc) is 2.62. The minimum Gasteiger partial charge on any atom is -0.466 e. The third-order valence-corrected chi connectivity index (χ3v) is 3.05. The molecule has 0 bridgehead atoms. The third kappa shape index (κ3) is 3.19. The van der Waals surface area contributed by atoms with Crippen LogP contribution in [0.25, 0.3) is 0 Å². The second-order valence-electron chi connectivity index (χ2n) is 4.17. The molecule has 98 valence electrons. The van der Waals surface area contributed by atoms with Gasteiger partial charge in [0.2, 0.25) is 0 Å². The molecule has 0 aromatic heterocycles. The molecule has 0 saturated carbocycles. The molecule has 0 aromatic rings. The predicted octanol–water partition coefficient (Wildman–Crippen LogP) is 1.30. The standard InChI is InChI=1S/C12H20O5/c1-4-15-10(13)8-9-6-7-17-12(9,3)11(14)16-5-2/h9H,4-8H2,1-3H3/t9-,12-/m1/s1. The first-order valence-corrected chi connectivity index (χ1v) is 6.01. The Bertz CT molecular complexity index is 289. The summed E-state index contributed by atoms with van der Waals surface area (Å²) in [6.45, 7) is 6.32. The van der Waals surface area contributed by atoms with Gasteiger partial charge in [-0.2, -0.15) is 0 Å². The van der Waals surface area contributed by atoms with Gasteiger partial charge in [0.15, 0.2) is 5.60 Å². The van der Waals surface area contributed by atoms with Crippen LogP contribution in [0.5, 0.6) is 0 Å². The Hall–Kier alpha value is -1.10. The maximum atomic E-state index is 11.8. The van der Waals surface area contributed by atoms with Crippen LogP contribution >= 0.6 is 0 Å². The van der Waals surface area contributed by atoms with Crippen molar-refractivity contribution in [1.29, 1.82) is 0 Å². The largest absolute Gasteiger partial charge is 0.466 e. The number of hydrogen-bond acceptors (Lipinski definition) is 5. The summed E-state index contributed by atoms with van der Waals surface area (Å²) in [5.74, 6) is -0.856. The van der Waals surface area contributed by atoms with Crippen LogP contribution in [0.1, 0.15) is 33.6 Å². The smallest absolute Gasteiger partial charge is 0.338 e. The molecule has 0 spiro atoms. The van der Waals surface area contributed by atoms with Crippen molar-refractivity contribution in [2.75, 3.05) is 19.8 Å². The molecule has 1 heterocycles. The van der Waals surface area contributed by atoms with E-state index in [1.807, 2.05) is 0 Å². The fourth-order valence-electron chi connectivity index (χ4n) is 2.02. The van der Waals surface area contributed by atoms with E-state index in [-0.39, 0.29) is 18.3 Å². The Labute approximate surface area is 101 Å². The van der Waals surface area contributed by atoms with Gasteiger partial charge >= 0.3 is 11.9 Å². The highest BCUT2D eigenvalue weighted by Crippen LogP contribution is 2.35. The molecule has 1 saturated heterocycles. The number of ether oxygens (including phenoxy) is 3. The molecule has 0 unspecified atom stereocenters. The molecule has 1 aliphatic rings. The van der Waals surface area contributed by atoms with Crippen LogP contribution in [0, 0.1) is 5.92 Å². The molecular formula is C12H20O5. The van der Waals surface area contributed by atoms with Crippen molar-refractivity contribution in [3.8, 4) is 0 Å². The van der Waals surface area contributed by atoms with Crippen molar-refractivity contribution < 1.29 is 23.8 Å². The second-order valence-corrected chi connectivity index (χ2v) is 4.17. The van der Waals surface area contributed by atoms with E-state index in [0.29, 0.717) is 26.2 Å². The molecule has 0 aliphatic carbocycles. The minimum atomic E-state index is -1.01. The van der Waals surface area contributed by atoms with Crippen LogP contribution in [-0.2, 0) is 23.8 Å². The first-order chi connectivity index (χ1) is 8.04. The maximum absolute atomic E-state index is 11.8. The lowest BCUT2D eigenvalue weighted by Gasteiger charge is -2.27. The van der Waals surface area contributed by atoms with Crippen molar-refractivity contribution in [2.45, 2.75) is 39.2 Å². The SMILES string of the molecule is CCOC(=O)C[C@H]1CCO[C@@]1(C)C(=O)OCC. The highest BCUT2D eigenvalue weighted by molar-refractivity contribution is 5.81. The average molecular weight is 244 g/mol. The molecule has 0 amide bonds. The lowest BCUT2D eigenvalue weighted by Crippen LogP contribution is -2.43. The lowest BCUT2D eigenvalue weighted by atomic mass is 9.86. The second kappa shape index (κ2) is 6.00. The third-order valence-electron chi connectivity index (χ3n) is 3.05. The monoisotopic (exact) mass is 244 g/mol. The molecule has 1 fully saturated rings. The van der Waals surface area contributed by atoms with Crippen LogP contribution in [0.3, 0.4) is 0 Å². The van der Waals surface area contributed by atoms with E-state index in [1.54, 1.807) is 20.8 Å². The van der Waals surface area contributed by atoms with Gasteiger partial charge in [-0.25, -0.2) is 4.79 Å². The van der Waals surface area contributed by atoms with Gasteiger partial charge in [0.05, 0.1) is 19.6 Å². The Morgan fingerprint density at radius 1 is 1.29 bits per heavy atom. The van der Waals surface area contributed by atoms with Crippen molar-refractivity contribution >= 4 is 11.9 Å². The predicted molar refractivity (Wildman–Crippen MR) is 60.3 cm³/mol. The molecule has 0 N–H and O–H groups in total. The van der Waals surface area contributed by atoms with E-state index in [1.165, 1.54) is 0 Å². The van der Waals surface area contributed by atoms with Gasteiger partial charge < -0.3 is 14.2 Å². The number of carbonyl (C=O) groups is 2. The van der Waals surface area contributed by atoms with E-state index in [9.17, 15) is 9.59 Å². The van der Waals surface area contributed by atoms with Gasteiger partial charge in [-0.15, -0.1) is 0 Å². The van der Waals surface area contributed by atoms with Gasteiger partial charge in [0.1, 0.15) is 0 Å². The summed E-state index contributed by atoms with van der Waals surface area (Å²) in [6.07, 6.45) is 0.872. The topological polar surface area (TPSA) is 61.8 Å². The molecule has 2 atom stereocenters. The Kier molecular flexibility index (Phi) is 4.93. The molecule has 1 aliphatic heterocycles. The zero-order valence-electron chi connectivity index (χ0n) is 10.7. The van der Waals surface area contributed by atoms with Crippen molar-refractivity contribution in [3.05, 3.63) is 0 Å². The number of rotatable bonds is 5. The molecule has 0 aromatic carbocycles. The number of carbonyl (C=O) groups excluding carboxylic acids is 2. The van der Waals surface area contributed by atoms with Crippen molar-refractivity contribution in [2.24, 2.45) is 5.92 Å². The molecular weight excluding hydrogens is 224 g/mol. The van der Waals surface area contributed by atoms with Crippen LogP contribution < -0.4 is 0 Å². The van der Waals surface area contributed by atoms with Crippen LogP contribution in [0.15, 0.2) is 0 Å². The van der Waals surface area contributed by atoms with Crippen molar-refractivity contribution in [3.63, 3.8) is 0 Å². The summed E-state index contributed by atoms with van der Waals surface area (Å²) >= 11 is 0. The number of hydrogen-bond donors (Lipinski definition) is 0. The normalized spacial score (nSPS) is 27.8. The summed E-state index contributed by atoms with van der Waals surface area (Å²) in [4.78, 5) is 23.3. The van der Waals surface area contributed by atoms with Crippen LogP contribution in [0.4, 0.5) is 0 Å². The first-order valence-electron chi connectivity index (χ1n) is 6.01. The van der Waals surface area contributed by atoms with Crippen LogP contribution in [-0.4, -0.2) is 37.4 Å². The van der Waals surface area contributed by atoms with Gasteiger partial charge in [-0.3, -0.25) is 4.79 Å². The van der Waals surface area contributed by atoms with Gasteiger partial charge in [-0.1, -0.05) is 0 Å². The van der Waals surface area contributed by atoms with E-state index >= 15 is 0 Å². The maximum Gasteiger partial charge on any atom is 0.338 e. The van der Waals surface area contributed by atoms with E-state index < -0.39 is 11.6 Å². The molecule has 17 heavy (non-hydrogen) atoms. The van der Waals surface area contributed by atoms with Gasteiger partial charge in [0, 0.05) is 12.5 Å². The summed E-state index contributed by atoms with van der Waals surface area (Å²) in [5.41, 5.74) is -1.01. The summed E-state index contributed by atoms with van der Waals surface area (Å²) in [6, 6.07) is 0. The summed E-state index contributed by atoms with van der Waals surface area (Å²) in [7, 11) is 0. The van der Waals surface area contributed by atoms with E-state index in [0.717, 1.165) is 0 Å². The number of esters is 2. The Morgan fingerprint density at radius 2 is 1.94 bits per heavy atom. The zero-order chi connectivity index (χ0) is 12.9. The fourth-order valence-corrected chi connectivity index (χ4v) is 2.02. The summed E-state index contributed by atoms with van der Waals surface area (Å²) in [5, 5.41) is 0. The fraction of sp³-hybridized carbons (Fsp3) is 0.833. The van der Waals surface area contributed by atoms with Crippen molar-refractivity contribution in [1.82, 2.24) is 0 Å². The highest BCUT2D eigenvalue weighted by Gasteiger charge is 2.48. The molecule has 5 nitrogen and oxygen atoms in total. The summed E-state index contributed by atoms with van der Waals surface area (Å²) < 4.78 is 15.3. The zero-order valence-corrected chi connectivity index (χ0v) is 10.7. The van der Waals surface area contributed by atoms with Crippen LogP contribution in [0.2, 0.25) is 0 Å². The highest BCUT2D eigenvalue weighted by atomic mass is 16.6. The Morgan fingerprint density at radius 3 is 2.53 bits per heavy atom. The van der Waals surface area contributed by atoms with Gasteiger partial charge in [0.25, 0.3) is 0 Å². The molecule has 5 heteroatoms. The Balaban J connectivity index is 2.64. The quantitative estimate of drug-likeness (QED) is 0.682. The first kappa shape index (κ1) is 14.0. The lowest BCUT2D eigenvalue weighted by molar-refractivity contribution is -0.169. The minimum absolute atomic E-state index is 0.166. The molecule has 0 radical (unpaired) electrons. The van der Waals surface area contributed by atoms with E-state index in [2.05, 4.69) is 0 Å². The van der Waals surface area contributed by atoms with Gasteiger partial charge in [-0.05, 0) is 27.2 Å². The van der Waals surface area contributed by atoms with E-state index in [4.69, 9.17) is 14.2 Å². The molecule has 1 rings (SSSR count).